The van der Waals surface area contributed by atoms with E-state index < -0.39 is 0 Å². The summed E-state index contributed by atoms with van der Waals surface area (Å²) in [6, 6.07) is 10.6. The smallest absolute Gasteiger partial charge is 0.161 e. The molecule has 23 heavy (non-hydrogen) atoms. The zero-order chi connectivity index (χ0) is 16.7. The van der Waals surface area contributed by atoms with Crippen LogP contribution in [0.15, 0.2) is 36.4 Å². The summed E-state index contributed by atoms with van der Waals surface area (Å²) in [6.07, 6.45) is 0. The van der Waals surface area contributed by atoms with Crippen molar-refractivity contribution in [3.05, 3.63) is 58.9 Å². The SMILES string of the molecule is CCOc1ccc(CNCc2ccc(F)c(CO)c2)cc1OC. The van der Waals surface area contributed by atoms with E-state index in [1.54, 1.807) is 19.2 Å². The fourth-order valence-corrected chi connectivity index (χ4v) is 2.31. The molecule has 2 N–H and O–H groups in total. The van der Waals surface area contributed by atoms with E-state index in [1.807, 2.05) is 25.1 Å². The number of rotatable bonds is 8. The molecule has 0 aliphatic heterocycles. The molecule has 2 aromatic carbocycles. The van der Waals surface area contributed by atoms with Crippen LogP contribution in [0.4, 0.5) is 4.39 Å². The third-order valence-corrected chi connectivity index (χ3v) is 3.47. The van der Waals surface area contributed by atoms with Gasteiger partial charge in [-0.05, 0) is 42.3 Å². The van der Waals surface area contributed by atoms with Crippen LogP contribution >= 0.6 is 0 Å². The second-order valence-electron chi connectivity index (χ2n) is 5.11. The average Bonchev–Trinajstić information content (AvgIpc) is 2.57. The summed E-state index contributed by atoms with van der Waals surface area (Å²) < 4.78 is 24.1. The Bertz CT molecular complexity index is 646. The first-order valence-corrected chi connectivity index (χ1v) is 7.56. The number of ether oxygens (including phenoxy) is 2. The van der Waals surface area contributed by atoms with Gasteiger partial charge >= 0.3 is 0 Å². The lowest BCUT2D eigenvalue weighted by Crippen LogP contribution is -2.13. The highest BCUT2D eigenvalue weighted by Gasteiger charge is 2.06. The Morgan fingerprint density at radius 1 is 1.04 bits per heavy atom. The number of hydrogen-bond donors (Lipinski definition) is 2. The minimum absolute atomic E-state index is 0.296. The quantitative estimate of drug-likeness (QED) is 0.785. The zero-order valence-electron chi connectivity index (χ0n) is 13.4. The van der Waals surface area contributed by atoms with Crippen molar-refractivity contribution in [1.82, 2.24) is 5.32 Å². The molecule has 0 amide bonds. The molecule has 2 aromatic rings. The van der Waals surface area contributed by atoms with Crippen molar-refractivity contribution in [2.45, 2.75) is 26.6 Å². The molecule has 0 aliphatic rings. The van der Waals surface area contributed by atoms with Gasteiger partial charge in [0.1, 0.15) is 5.82 Å². The highest BCUT2D eigenvalue weighted by molar-refractivity contribution is 5.43. The average molecular weight is 319 g/mol. The monoisotopic (exact) mass is 319 g/mol. The van der Waals surface area contributed by atoms with Gasteiger partial charge in [0.2, 0.25) is 0 Å². The van der Waals surface area contributed by atoms with Crippen LogP contribution < -0.4 is 14.8 Å². The first-order valence-electron chi connectivity index (χ1n) is 7.56. The van der Waals surface area contributed by atoms with Crippen LogP contribution in [0.25, 0.3) is 0 Å². The molecule has 124 valence electrons. The first-order chi connectivity index (χ1) is 11.2. The molecular formula is C18H22FNO3. The molecule has 0 heterocycles. The summed E-state index contributed by atoms with van der Waals surface area (Å²) in [5, 5.41) is 12.4. The number of methoxy groups -OCH3 is 1. The molecule has 0 radical (unpaired) electrons. The third kappa shape index (κ3) is 4.68. The van der Waals surface area contributed by atoms with Gasteiger partial charge in [0.05, 0.1) is 20.3 Å². The number of benzene rings is 2. The van der Waals surface area contributed by atoms with Gasteiger partial charge in [-0.1, -0.05) is 12.1 Å². The molecule has 0 spiro atoms. The van der Waals surface area contributed by atoms with Crippen LogP contribution in [0.5, 0.6) is 11.5 Å². The van der Waals surface area contributed by atoms with Gasteiger partial charge in [-0.15, -0.1) is 0 Å². The Kier molecular flexibility index (Phi) is 6.38. The summed E-state index contributed by atoms with van der Waals surface area (Å²) in [5.74, 6) is 1.05. The van der Waals surface area contributed by atoms with Gasteiger partial charge in [-0.25, -0.2) is 4.39 Å². The van der Waals surface area contributed by atoms with E-state index in [0.717, 1.165) is 16.9 Å². The van der Waals surface area contributed by atoms with E-state index in [1.165, 1.54) is 6.07 Å². The summed E-state index contributed by atoms with van der Waals surface area (Å²) in [4.78, 5) is 0. The maximum absolute atomic E-state index is 13.3. The molecule has 2 rings (SSSR count). The molecule has 0 bridgehead atoms. The van der Waals surface area contributed by atoms with Crippen molar-refractivity contribution < 1.29 is 19.0 Å². The molecule has 0 aromatic heterocycles. The minimum Gasteiger partial charge on any atom is -0.493 e. The Morgan fingerprint density at radius 2 is 1.74 bits per heavy atom. The van der Waals surface area contributed by atoms with Crippen LogP contribution in [0, 0.1) is 5.82 Å². The Hall–Kier alpha value is -2.11. The van der Waals surface area contributed by atoms with Crippen LogP contribution in [-0.2, 0) is 19.7 Å². The molecule has 0 saturated carbocycles. The van der Waals surface area contributed by atoms with E-state index in [9.17, 15) is 4.39 Å². The maximum atomic E-state index is 13.3. The number of hydrogen-bond acceptors (Lipinski definition) is 4. The third-order valence-electron chi connectivity index (χ3n) is 3.47. The summed E-state index contributed by atoms with van der Waals surface area (Å²) in [7, 11) is 1.62. The largest absolute Gasteiger partial charge is 0.493 e. The highest BCUT2D eigenvalue weighted by atomic mass is 19.1. The predicted molar refractivity (Wildman–Crippen MR) is 87.0 cm³/mol. The van der Waals surface area contributed by atoms with E-state index in [4.69, 9.17) is 14.6 Å². The van der Waals surface area contributed by atoms with E-state index in [2.05, 4.69) is 5.32 Å². The van der Waals surface area contributed by atoms with Crippen LogP contribution in [0.1, 0.15) is 23.6 Å². The van der Waals surface area contributed by atoms with E-state index in [-0.39, 0.29) is 12.4 Å². The van der Waals surface area contributed by atoms with Gasteiger partial charge in [0, 0.05) is 18.7 Å². The molecule has 0 saturated heterocycles. The topological polar surface area (TPSA) is 50.7 Å². The van der Waals surface area contributed by atoms with Crippen LogP contribution in [0.2, 0.25) is 0 Å². The van der Waals surface area contributed by atoms with Gasteiger partial charge in [-0.2, -0.15) is 0 Å². The molecular weight excluding hydrogens is 297 g/mol. The zero-order valence-corrected chi connectivity index (χ0v) is 13.4. The standard InChI is InChI=1S/C18H22FNO3/c1-3-23-17-7-5-14(9-18(17)22-2)11-20-10-13-4-6-16(19)15(8-13)12-21/h4-9,20-21H,3,10-12H2,1-2H3. The van der Waals surface area contributed by atoms with Crippen LogP contribution in [-0.4, -0.2) is 18.8 Å². The van der Waals surface area contributed by atoms with Crippen LogP contribution in [0.3, 0.4) is 0 Å². The van der Waals surface area contributed by atoms with Crippen molar-refractivity contribution in [1.29, 1.82) is 0 Å². The Labute approximate surface area is 135 Å². The number of aliphatic hydroxyl groups excluding tert-OH is 1. The maximum Gasteiger partial charge on any atom is 0.161 e. The van der Waals surface area contributed by atoms with Crippen molar-refractivity contribution in [3.63, 3.8) is 0 Å². The summed E-state index contributed by atoms with van der Waals surface area (Å²) >= 11 is 0. The summed E-state index contributed by atoms with van der Waals surface area (Å²) in [6.45, 7) is 3.46. The minimum atomic E-state index is -0.382. The van der Waals surface area contributed by atoms with Gasteiger partial charge in [0.25, 0.3) is 0 Å². The number of aliphatic hydroxyl groups is 1. The fraction of sp³-hybridized carbons (Fsp3) is 0.333. The second-order valence-corrected chi connectivity index (χ2v) is 5.11. The molecule has 5 heteroatoms. The number of halogens is 1. The van der Waals surface area contributed by atoms with Crippen molar-refractivity contribution >= 4 is 0 Å². The van der Waals surface area contributed by atoms with Gasteiger partial charge < -0.3 is 19.9 Å². The molecule has 0 atom stereocenters. The van der Waals surface area contributed by atoms with Crippen molar-refractivity contribution in [2.24, 2.45) is 0 Å². The van der Waals surface area contributed by atoms with Gasteiger partial charge in [0.15, 0.2) is 11.5 Å². The van der Waals surface area contributed by atoms with Crippen molar-refractivity contribution in [3.8, 4) is 11.5 Å². The molecule has 0 unspecified atom stereocenters. The molecule has 4 nitrogen and oxygen atoms in total. The lowest BCUT2D eigenvalue weighted by atomic mass is 10.1. The van der Waals surface area contributed by atoms with E-state index in [0.29, 0.717) is 31.0 Å². The lowest BCUT2D eigenvalue weighted by molar-refractivity contribution is 0.275. The normalized spacial score (nSPS) is 10.6. The molecule has 0 aliphatic carbocycles. The predicted octanol–water partition coefficient (Wildman–Crippen LogP) is 3.02. The Morgan fingerprint density at radius 3 is 2.39 bits per heavy atom. The van der Waals surface area contributed by atoms with Gasteiger partial charge in [-0.3, -0.25) is 0 Å². The highest BCUT2D eigenvalue weighted by Crippen LogP contribution is 2.28. The van der Waals surface area contributed by atoms with Crippen molar-refractivity contribution in [2.75, 3.05) is 13.7 Å². The second kappa shape index (κ2) is 8.50. The van der Waals surface area contributed by atoms with E-state index >= 15 is 0 Å². The first kappa shape index (κ1) is 17.2. The number of nitrogens with one attached hydrogen (secondary N) is 1. The molecule has 0 fully saturated rings. The Balaban J connectivity index is 1.96. The fourth-order valence-electron chi connectivity index (χ4n) is 2.31. The lowest BCUT2D eigenvalue weighted by Gasteiger charge is -2.12. The summed E-state index contributed by atoms with van der Waals surface area (Å²) in [5.41, 5.74) is 2.30.